The zero-order chi connectivity index (χ0) is 25.5. The van der Waals surface area contributed by atoms with E-state index in [1.54, 1.807) is 0 Å². The zero-order valence-corrected chi connectivity index (χ0v) is 21.8. The quantitative estimate of drug-likeness (QED) is 0.218. The van der Waals surface area contributed by atoms with Gasteiger partial charge in [-0.2, -0.15) is 0 Å². The third-order valence-electron chi connectivity index (χ3n) is 6.61. The maximum atomic E-state index is 6.28. The smallest absolute Gasteiger partial charge is 0.164 e. The number of furan rings is 1. The van der Waals surface area contributed by atoms with Crippen molar-refractivity contribution in [2.24, 2.45) is 0 Å². The summed E-state index contributed by atoms with van der Waals surface area (Å²) in [6, 6.07) is 40.7. The van der Waals surface area contributed by atoms with E-state index >= 15 is 0 Å². The van der Waals surface area contributed by atoms with Crippen LogP contribution in [0.5, 0.6) is 0 Å². The van der Waals surface area contributed by atoms with Gasteiger partial charge in [0, 0.05) is 31.9 Å². The highest BCUT2D eigenvalue weighted by molar-refractivity contribution is 9.10. The standard InChI is InChI=1S/C33H20BrN3O/c34-25-17-14-21(15-18-25)24-16-19-28-27(20-24)30-26(12-7-13-29(30)38-28)33-36-31(22-8-3-1-4-9-22)35-32(37-33)23-10-5-2-6-11-23/h1-20H. The van der Waals surface area contributed by atoms with Crippen molar-refractivity contribution in [3.8, 4) is 45.3 Å². The minimum Gasteiger partial charge on any atom is -0.456 e. The third-order valence-corrected chi connectivity index (χ3v) is 7.14. The first-order valence-electron chi connectivity index (χ1n) is 12.3. The van der Waals surface area contributed by atoms with Gasteiger partial charge >= 0.3 is 0 Å². The van der Waals surface area contributed by atoms with Crippen molar-refractivity contribution < 1.29 is 4.42 Å². The molecule has 5 aromatic carbocycles. The maximum Gasteiger partial charge on any atom is 0.164 e. The normalized spacial score (nSPS) is 11.3. The predicted octanol–water partition coefficient (Wildman–Crippen LogP) is 9.20. The van der Waals surface area contributed by atoms with E-state index in [9.17, 15) is 0 Å². The summed E-state index contributed by atoms with van der Waals surface area (Å²) < 4.78 is 7.33. The topological polar surface area (TPSA) is 51.8 Å². The molecule has 0 unspecified atom stereocenters. The molecule has 0 bridgehead atoms. The molecule has 5 heteroatoms. The Morgan fingerprint density at radius 1 is 0.474 bits per heavy atom. The lowest BCUT2D eigenvalue weighted by molar-refractivity contribution is 0.669. The lowest BCUT2D eigenvalue weighted by Gasteiger charge is -2.09. The first-order chi connectivity index (χ1) is 18.7. The Balaban J connectivity index is 1.48. The van der Waals surface area contributed by atoms with Crippen molar-refractivity contribution >= 4 is 37.9 Å². The fraction of sp³-hybridized carbons (Fsp3) is 0. The van der Waals surface area contributed by atoms with E-state index in [-0.39, 0.29) is 0 Å². The first kappa shape index (κ1) is 22.6. The Hall–Kier alpha value is -4.61. The molecule has 0 N–H and O–H groups in total. The van der Waals surface area contributed by atoms with Gasteiger partial charge in [0.15, 0.2) is 17.5 Å². The number of aromatic nitrogens is 3. The lowest BCUT2D eigenvalue weighted by atomic mass is 10.0. The Morgan fingerprint density at radius 2 is 1.08 bits per heavy atom. The Bertz CT molecular complexity index is 1860. The van der Waals surface area contributed by atoms with Gasteiger partial charge in [0.05, 0.1) is 0 Å². The molecule has 0 aliphatic rings. The number of rotatable bonds is 4. The van der Waals surface area contributed by atoms with Crippen molar-refractivity contribution in [3.05, 3.63) is 126 Å². The van der Waals surface area contributed by atoms with Gasteiger partial charge < -0.3 is 4.42 Å². The van der Waals surface area contributed by atoms with Crippen molar-refractivity contribution in [2.45, 2.75) is 0 Å². The van der Waals surface area contributed by atoms with Crippen LogP contribution in [0.25, 0.3) is 67.2 Å². The van der Waals surface area contributed by atoms with Crippen LogP contribution in [0.1, 0.15) is 0 Å². The SMILES string of the molecule is Brc1ccc(-c2ccc3oc4cccc(-c5nc(-c6ccccc6)nc(-c6ccccc6)n5)c4c3c2)cc1. The number of halogens is 1. The summed E-state index contributed by atoms with van der Waals surface area (Å²) in [6.07, 6.45) is 0. The second-order valence-electron chi connectivity index (χ2n) is 9.04. The van der Waals surface area contributed by atoms with E-state index in [0.29, 0.717) is 17.5 Å². The average molecular weight is 554 g/mol. The molecule has 0 atom stereocenters. The molecule has 2 aromatic heterocycles. The molecule has 0 fully saturated rings. The number of fused-ring (bicyclic) bond motifs is 3. The molecule has 0 amide bonds. The van der Waals surface area contributed by atoms with Crippen LogP contribution < -0.4 is 0 Å². The van der Waals surface area contributed by atoms with E-state index in [4.69, 9.17) is 19.4 Å². The third kappa shape index (κ3) is 4.07. The van der Waals surface area contributed by atoms with Crippen molar-refractivity contribution in [3.63, 3.8) is 0 Å². The number of hydrogen-bond donors (Lipinski definition) is 0. The van der Waals surface area contributed by atoms with Gasteiger partial charge in [0.25, 0.3) is 0 Å². The van der Waals surface area contributed by atoms with Crippen LogP contribution in [0.2, 0.25) is 0 Å². The van der Waals surface area contributed by atoms with Crippen LogP contribution in [0.4, 0.5) is 0 Å². The minimum absolute atomic E-state index is 0.611. The summed E-state index contributed by atoms with van der Waals surface area (Å²) >= 11 is 3.53. The van der Waals surface area contributed by atoms with Crippen LogP contribution in [0, 0.1) is 0 Å². The number of benzene rings is 5. The summed E-state index contributed by atoms with van der Waals surface area (Å²) in [7, 11) is 0. The molecule has 0 saturated heterocycles. The summed E-state index contributed by atoms with van der Waals surface area (Å²) in [5.74, 6) is 1.88. The second-order valence-corrected chi connectivity index (χ2v) is 9.95. The van der Waals surface area contributed by atoms with Gasteiger partial charge in [-0.15, -0.1) is 0 Å². The van der Waals surface area contributed by atoms with Gasteiger partial charge in [-0.1, -0.05) is 107 Å². The van der Waals surface area contributed by atoms with Crippen LogP contribution in [0.15, 0.2) is 130 Å². The van der Waals surface area contributed by atoms with Crippen LogP contribution in [-0.2, 0) is 0 Å². The van der Waals surface area contributed by atoms with Gasteiger partial charge in [-0.3, -0.25) is 0 Å². The van der Waals surface area contributed by atoms with Gasteiger partial charge in [-0.05, 0) is 41.5 Å². The summed E-state index contributed by atoms with van der Waals surface area (Å²) in [5.41, 5.74) is 6.67. The molecule has 0 aliphatic heterocycles. The van der Waals surface area contributed by atoms with E-state index in [2.05, 4.69) is 58.4 Å². The minimum atomic E-state index is 0.611. The summed E-state index contributed by atoms with van der Waals surface area (Å²) in [5, 5.41) is 2.02. The molecule has 4 nitrogen and oxygen atoms in total. The molecule has 0 spiro atoms. The van der Waals surface area contributed by atoms with E-state index in [0.717, 1.165) is 54.2 Å². The molecular weight excluding hydrogens is 534 g/mol. The number of nitrogens with zero attached hydrogens (tertiary/aromatic N) is 3. The molecule has 0 radical (unpaired) electrons. The van der Waals surface area contributed by atoms with Crippen molar-refractivity contribution in [2.75, 3.05) is 0 Å². The lowest BCUT2D eigenvalue weighted by Crippen LogP contribution is -2.00. The summed E-state index contributed by atoms with van der Waals surface area (Å²) in [4.78, 5) is 14.8. The largest absolute Gasteiger partial charge is 0.456 e. The highest BCUT2D eigenvalue weighted by Gasteiger charge is 2.18. The molecule has 2 heterocycles. The molecule has 0 saturated carbocycles. The van der Waals surface area contributed by atoms with E-state index in [1.807, 2.05) is 78.9 Å². The Labute approximate surface area is 227 Å². The monoisotopic (exact) mass is 553 g/mol. The predicted molar refractivity (Wildman–Crippen MR) is 157 cm³/mol. The molecule has 7 aromatic rings. The molecule has 0 aliphatic carbocycles. The van der Waals surface area contributed by atoms with E-state index in [1.165, 1.54) is 0 Å². The zero-order valence-electron chi connectivity index (χ0n) is 20.2. The Morgan fingerprint density at radius 3 is 1.74 bits per heavy atom. The average Bonchev–Trinajstić information content (AvgIpc) is 3.36. The molecule has 180 valence electrons. The second kappa shape index (κ2) is 9.36. The first-order valence-corrected chi connectivity index (χ1v) is 13.1. The van der Waals surface area contributed by atoms with Crippen LogP contribution in [-0.4, -0.2) is 15.0 Å². The highest BCUT2D eigenvalue weighted by atomic mass is 79.9. The van der Waals surface area contributed by atoms with Gasteiger partial charge in [-0.25, -0.2) is 15.0 Å². The maximum absolute atomic E-state index is 6.28. The van der Waals surface area contributed by atoms with Crippen LogP contribution in [0.3, 0.4) is 0 Å². The number of hydrogen-bond acceptors (Lipinski definition) is 4. The fourth-order valence-corrected chi connectivity index (χ4v) is 5.03. The van der Waals surface area contributed by atoms with Gasteiger partial charge in [0.2, 0.25) is 0 Å². The Kier molecular flexibility index (Phi) is 5.56. The highest BCUT2D eigenvalue weighted by Crippen LogP contribution is 2.38. The molecule has 7 rings (SSSR count). The fourth-order valence-electron chi connectivity index (χ4n) is 4.76. The van der Waals surface area contributed by atoms with Gasteiger partial charge in [0.1, 0.15) is 11.2 Å². The molecule has 38 heavy (non-hydrogen) atoms. The van der Waals surface area contributed by atoms with E-state index < -0.39 is 0 Å². The summed E-state index contributed by atoms with van der Waals surface area (Å²) in [6.45, 7) is 0. The van der Waals surface area contributed by atoms with Crippen molar-refractivity contribution in [1.29, 1.82) is 0 Å². The van der Waals surface area contributed by atoms with Crippen molar-refractivity contribution in [1.82, 2.24) is 15.0 Å². The van der Waals surface area contributed by atoms with Crippen LogP contribution >= 0.6 is 15.9 Å². The molecular formula is C33H20BrN3O.